The van der Waals surface area contributed by atoms with Crippen LogP contribution in [0.4, 0.5) is 0 Å². The summed E-state index contributed by atoms with van der Waals surface area (Å²) in [6.45, 7) is 2.03. The van der Waals surface area contributed by atoms with Gasteiger partial charge in [0.15, 0.2) is 0 Å². The molecule has 1 aliphatic heterocycles. The van der Waals surface area contributed by atoms with E-state index >= 15 is 0 Å². The Kier molecular flexibility index (Phi) is 4.98. The fraction of sp³-hybridized carbons (Fsp3) is 0.273. The van der Waals surface area contributed by atoms with Gasteiger partial charge in [-0.3, -0.25) is 0 Å². The van der Waals surface area contributed by atoms with Crippen LogP contribution in [0.15, 0.2) is 35.2 Å². The Morgan fingerprint density at radius 3 is 3.00 bits per heavy atom. The van der Waals surface area contributed by atoms with E-state index in [1.54, 1.807) is 13.1 Å². The van der Waals surface area contributed by atoms with E-state index < -0.39 is 5.97 Å². The molecule has 0 fully saturated rings. The lowest BCUT2D eigenvalue weighted by atomic mass is 10.1. The molecule has 0 spiro atoms. The van der Waals surface area contributed by atoms with Crippen LogP contribution in [0.3, 0.4) is 0 Å². The molecular weight excluding hydrogens is 272 g/mol. The number of ether oxygens (including phenoxy) is 1. The van der Waals surface area contributed by atoms with Crippen LogP contribution < -0.4 is 5.32 Å². The molecule has 0 aliphatic carbocycles. The zero-order chi connectivity index (χ0) is 12.0. The van der Waals surface area contributed by atoms with Crippen molar-refractivity contribution < 1.29 is 9.53 Å². The van der Waals surface area contributed by atoms with E-state index in [-0.39, 0.29) is 5.57 Å². The summed E-state index contributed by atoms with van der Waals surface area (Å²) >= 11 is 3.33. The van der Waals surface area contributed by atoms with E-state index in [1.165, 1.54) is 0 Å². The molecule has 0 radical (unpaired) electrons. The van der Waals surface area contributed by atoms with Crippen molar-refractivity contribution in [3.8, 4) is 0 Å². The summed E-state index contributed by atoms with van der Waals surface area (Å²) in [6, 6.07) is 0. The van der Waals surface area contributed by atoms with Crippen LogP contribution in [-0.2, 0) is 9.53 Å². The Labute approximate surface area is 103 Å². The highest BCUT2D eigenvalue weighted by Crippen LogP contribution is 2.13. The van der Waals surface area contributed by atoms with Gasteiger partial charge in [-0.15, -0.1) is 0 Å². The van der Waals surface area contributed by atoms with Crippen LogP contribution in [0.25, 0.3) is 0 Å². The van der Waals surface area contributed by atoms with Crippen molar-refractivity contribution >= 4 is 28.1 Å². The van der Waals surface area contributed by atoms with E-state index in [9.17, 15) is 4.79 Å². The van der Waals surface area contributed by atoms with E-state index in [0.717, 1.165) is 11.8 Å². The Morgan fingerprint density at radius 2 is 2.44 bits per heavy atom. The van der Waals surface area contributed by atoms with E-state index in [0.29, 0.717) is 17.6 Å². The predicted octanol–water partition coefficient (Wildman–Crippen LogP) is 1.89. The first-order valence-corrected chi connectivity index (χ1v) is 5.96. The van der Waals surface area contributed by atoms with Gasteiger partial charge in [-0.05, 0) is 24.6 Å². The second-order valence-corrected chi connectivity index (χ2v) is 3.58. The largest absolute Gasteiger partial charge is 0.462 e. The molecule has 1 rings (SSSR count). The molecule has 0 aromatic heterocycles. The van der Waals surface area contributed by atoms with E-state index in [2.05, 4.69) is 21.2 Å². The van der Waals surface area contributed by atoms with Crippen molar-refractivity contribution in [2.45, 2.75) is 6.92 Å². The second-order valence-electron chi connectivity index (χ2n) is 3.02. The Morgan fingerprint density at radius 1 is 1.69 bits per heavy atom. The van der Waals surface area contributed by atoms with Crippen LogP contribution >= 0.6 is 15.9 Å². The molecule has 0 unspecified atom stereocenters. The average molecular weight is 285 g/mol. The number of hydrogen-bond donors (Lipinski definition) is 2. The van der Waals surface area contributed by atoms with Crippen molar-refractivity contribution in [3.05, 3.63) is 35.2 Å². The first-order chi connectivity index (χ1) is 7.72. The molecule has 2 N–H and O–H groups in total. The summed E-state index contributed by atoms with van der Waals surface area (Å²) in [5, 5.41) is 10.9. The highest BCUT2D eigenvalue weighted by molar-refractivity contribution is 9.09. The second kappa shape index (κ2) is 6.27. The predicted molar refractivity (Wildman–Crippen MR) is 66.6 cm³/mol. The van der Waals surface area contributed by atoms with Crippen molar-refractivity contribution in [2.24, 2.45) is 0 Å². The Hall–Kier alpha value is -1.36. The molecule has 0 bridgehead atoms. The molecule has 4 nitrogen and oxygen atoms in total. The summed E-state index contributed by atoms with van der Waals surface area (Å²) in [5.74, 6) is -0.486. The normalized spacial score (nSPS) is 17.2. The number of nitrogens with one attached hydrogen (secondary N) is 2. The Bertz CT molecular complexity index is 383. The summed E-state index contributed by atoms with van der Waals surface area (Å²) in [7, 11) is 0. The van der Waals surface area contributed by atoms with Crippen molar-refractivity contribution in [2.75, 3.05) is 11.9 Å². The number of halogens is 1. The monoisotopic (exact) mass is 284 g/mol. The molecule has 0 aromatic rings. The van der Waals surface area contributed by atoms with Crippen LogP contribution in [0.5, 0.6) is 0 Å². The zero-order valence-electron chi connectivity index (χ0n) is 8.92. The maximum absolute atomic E-state index is 11.5. The summed E-state index contributed by atoms with van der Waals surface area (Å²) in [4.78, 5) is 11.5. The summed E-state index contributed by atoms with van der Waals surface area (Å²) in [5.41, 5.74) is 1.84. The van der Waals surface area contributed by atoms with E-state index in [1.807, 2.05) is 12.2 Å². The fourth-order valence-electron chi connectivity index (χ4n) is 1.21. The molecule has 16 heavy (non-hydrogen) atoms. The van der Waals surface area contributed by atoms with Crippen molar-refractivity contribution in [1.82, 2.24) is 5.32 Å². The standard InChI is InChI=1S/C11H13BrN2O2/c1-2-16-11(15)9(7-13)10-5-8(6-12)3-4-14-10/h3-5,7,13-14H,2,6H2,1H3/b10-9+,13-7?. The Balaban J connectivity index is 3.01. The molecule has 0 saturated heterocycles. The smallest absolute Gasteiger partial charge is 0.341 e. The number of esters is 1. The van der Waals surface area contributed by atoms with Gasteiger partial charge in [-0.25, -0.2) is 4.79 Å². The third-order valence-corrected chi connectivity index (χ3v) is 2.60. The zero-order valence-corrected chi connectivity index (χ0v) is 10.5. The number of carbonyl (C=O) groups is 1. The number of carbonyl (C=O) groups excluding carboxylic acids is 1. The summed E-state index contributed by atoms with van der Waals surface area (Å²) < 4.78 is 4.86. The van der Waals surface area contributed by atoms with Gasteiger partial charge in [0.05, 0.1) is 12.3 Å². The molecular formula is C11H13BrN2O2. The first-order valence-electron chi connectivity index (χ1n) is 4.84. The maximum atomic E-state index is 11.5. The highest BCUT2D eigenvalue weighted by Gasteiger charge is 2.14. The molecule has 5 heteroatoms. The minimum absolute atomic E-state index is 0.227. The topological polar surface area (TPSA) is 62.2 Å². The molecule has 1 heterocycles. The van der Waals surface area contributed by atoms with Gasteiger partial charge in [0, 0.05) is 17.7 Å². The molecule has 0 saturated carbocycles. The van der Waals surface area contributed by atoms with Crippen molar-refractivity contribution in [3.63, 3.8) is 0 Å². The lowest BCUT2D eigenvalue weighted by molar-refractivity contribution is -0.137. The van der Waals surface area contributed by atoms with Crippen LogP contribution in [0.1, 0.15) is 6.92 Å². The third kappa shape index (κ3) is 3.06. The highest BCUT2D eigenvalue weighted by atomic mass is 79.9. The van der Waals surface area contributed by atoms with Gasteiger partial charge < -0.3 is 15.5 Å². The maximum Gasteiger partial charge on any atom is 0.341 e. The van der Waals surface area contributed by atoms with Gasteiger partial charge in [-0.2, -0.15) is 0 Å². The van der Waals surface area contributed by atoms with Gasteiger partial charge in [0.2, 0.25) is 0 Å². The first kappa shape index (κ1) is 12.7. The van der Waals surface area contributed by atoms with Crippen LogP contribution in [0.2, 0.25) is 0 Å². The minimum atomic E-state index is -0.486. The van der Waals surface area contributed by atoms with Gasteiger partial charge >= 0.3 is 5.97 Å². The van der Waals surface area contributed by atoms with Gasteiger partial charge in [0.1, 0.15) is 5.57 Å². The molecule has 86 valence electrons. The number of hydrogen-bond acceptors (Lipinski definition) is 4. The third-order valence-electron chi connectivity index (χ3n) is 1.95. The van der Waals surface area contributed by atoms with E-state index in [4.69, 9.17) is 10.1 Å². The van der Waals surface area contributed by atoms with Crippen LogP contribution in [0, 0.1) is 5.41 Å². The number of allylic oxidation sites excluding steroid dienone is 3. The SMILES string of the molecule is CCOC(=O)/C(C=N)=C1\C=C(CBr)C=CN1. The number of dihydropyridines is 1. The fourth-order valence-corrected chi connectivity index (χ4v) is 1.56. The summed E-state index contributed by atoms with van der Waals surface area (Å²) in [6.07, 6.45) is 6.44. The van der Waals surface area contributed by atoms with Gasteiger partial charge in [-0.1, -0.05) is 15.9 Å². The van der Waals surface area contributed by atoms with Crippen molar-refractivity contribution in [1.29, 1.82) is 5.41 Å². The molecule has 1 aliphatic rings. The minimum Gasteiger partial charge on any atom is -0.462 e. The van der Waals surface area contributed by atoms with Gasteiger partial charge in [0.25, 0.3) is 0 Å². The van der Waals surface area contributed by atoms with Crippen LogP contribution in [-0.4, -0.2) is 24.1 Å². The molecule has 0 atom stereocenters. The number of rotatable bonds is 4. The lowest BCUT2D eigenvalue weighted by Gasteiger charge is -2.12. The quantitative estimate of drug-likeness (QED) is 0.359. The number of alkyl halides is 1. The molecule has 0 aromatic carbocycles. The average Bonchev–Trinajstić information content (AvgIpc) is 2.31. The molecule has 0 amide bonds. The lowest BCUT2D eigenvalue weighted by Crippen LogP contribution is -2.18.